The number of rotatable bonds is 6. The number of carbonyl (C=O) groups is 2. The highest BCUT2D eigenvalue weighted by Gasteiger charge is 2.47. The van der Waals surface area contributed by atoms with Crippen molar-refractivity contribution in [1.29, 1.82) is 0 Å². The standard InChI is InChI=1S/C27H27N3O3/c1-4-29(5-2)21-9-11-22(12-10-21)30-24(20-8-6-7-18(3)17-20)23(26(32)27(30)33)25(31)19-13-15-28-16-14-19/h6-17,24,31H,4-5H2,1-3H3/b25-23-. The van der Waals surface area contributed by atoms with Gasteiger partial charge in [0.05, 0.1) is 11.6 Å². The van der Waals surface area contributed by atoms with E-state index in [2.05, 4.69) is 23.7 Å². The molecule has 6 heteroatoms. The molecule has 2 heterocycles. The third-order valence-electron chi connectivity index (χ3n) is 6.01. The van der Waals surface area contributed by atoms with Gasteiger partial charge >= 0.3 is 0 Å². The minimum Gasteiger partial charge on any atom is -0.507 e. The number of benzene rings is 2. The van der Waals surface area contributed by atoms with Gasteiger partial charge < -0.3 is 10.0 Å². The summed E-state index contributed by atoms with van der Waals surface area (Å²) in [6.07, 6.45) is 3.08. The van der Waals surface area contributed by atoms with Crippen LogP contribution in [0, 0.1) is 6.92 Å². The summed E-state index contributed by atoms with van der Waals surface area (Å²) in [6.45, 7) is 7.88. The Morgan fingerprint density at radius 1 is 1.00 bits per heavy atom. The number of pyridine rings is 1. The fourth-order valence-corrected chi connectivity index (χ4v) is 4.33. The van der Waals surface area contributed by atoms with E-state index in [9.17, 15) is 14.7 Å². The minimum atomic E-state index is -0.739. The SMILES string of the molecule is CCN(CC)c1ccc(N2C(=O)C(=O)/C(=C(\O)c3ccncc3)C2c2cccc(C)c2)cc1. The van der Waals surface area contributed by atoms with Gasteiger partial charge in [0.25, 0.3) is 11.7 Å². The zero-order chi connectivity index (χ0) is 23.5. The van der Waals surface area contributed by atoms with Gasteiger partial charge in [-0.3, -0.25) is 19.5 Å². The van der Waals surface area contributed by atoms with Gasteiger partial charge in [0.15, 0.2) is 0 Å². The van der Waals surface area contributed by atoms with Gasteiger partial charge in [-0.2, -0.15) is 0 Å². The molecular formula is C27H27N3O3. The lowest BCUT2D eigenvalue weighted by atomic mass is 9.94. The average molecular weight is 442 g/mol. The molecule has 0 saturated carbocycles. The number of carbonyl (C=O) groups excluding carboxylic acids is 2. The molecule has 1 aliphatic heterocycles. The lowest BCUT2D eigenvalue weighted by Crippen LogP contribution is -2.29. The molecule has 1 N–H and O–H groups in total. The van der Waals surface area contributed by atoms with E-state index in [0.717, 1.165) is 29.9 Å². The minimum absolute atomic E-state index is 0.0737. The molecule has 1 atom stereocenters. The van der Waals surface area contributed by atoms with Crippen LogP contribution in [0.1, 0.15) is 36.6 Å². The Labute approximate surface area is 193 Å². The van der Waals surface area contributed by atoms with Crippen LogP contribution in [0.2, 0.25) is 0 Å². The van der Waals surface area contributed by atoms with Crippen molar-refractivity contribution in [2.75, 3.05) is 22.9 Å². The first-order valence-corrected chi connectivity index (χ1v) is 11.1. The highest BCUT2D eigenvalue weighted by molar-refractivity contribution is 6.51. The van der Waals surface area contributed by atoms with Gasteiger partial charge in [-0.15, -0.1) is 0 Å². The van der Waals surface area contributed by atoms with Crippen molar-refractivity contribution in [2.45, 2.75) is 26.8 Å². The molecule has 1 amide bonds. The highest BCUT2D eigenvalue weighted by Crippen LogP contribution is 2.42. The second-order valence-electron chi connectivity index (χ2n) is 8.01. The molecule has 0 radical (unpaired) electrons. The van der Waals surface area contributed by atoms with E-state index in [1.165, 1.54) is 4.90 Å². The van der Waals surface area contributed by atoms with Gasteiger partial charge in [0, 0.05) is 42.4 Å². The number of ketones is 1. The first kappa shape index (κ1) is 22.3. The maximum Gasteiger partial charge on any atom is 0.300 e. The van der Waals surface area contributed by atoms with Crippen LogP contribution in [0.5, 0.6) is 0 Å². The summed E-state index contributed by atoms with van der Waals surface area (Å²) in [5.74, 6) is -1.57. The Morgan fingerprint density at radius 3 is 2.27 bits per heavy atom. The Balaban J connectivity index is 1.87. The van der Waals surface area contributed by atoms with Crippen LogP contribution in [0.4, 0.5) is 11.4 Å². The molecule has 6 nitrogen and oxygen atoms in total. The lowest BCUT2D eigenvalue weighted by Gasteiger charge is -2.27. The molecule has 1 fully saturated rings. The van der Waals surface area contributed by atoms with Gasteiger partial charge in [-0.1, -0.05) is 29.8 Å². The molecule has 0 aliphatic carbocycles. The topological polar surface area (TPSA) is 73.7 Å². The molecule has 1 saturated heterocycles. The van der Waals surface area contributed by atoms with E-state index in [4.69, 9.17) is 0 Å². The fourth-order valence-electron chi connectivity index (χ4n) is 4.33. The zero-order valence-corrected chi connectivity index (χ0v) is 19.0. The number of aryl methyl sites for hydroxylation is 1. The zero-order valence-electron chi connectivity index (χ0n) is 19.0. The van der Waals surface area contributed by atoms with Crippen LogP contribution >= 0.6 is 0 Å². The Morgan fingerprint density at radius 2 is 1.67 bits per heavy atom. The van der Waals surface area contributed by atoms with Crippen molar-refractivity contribution in [3.8, 4) is 0 Å². The van der Waals surface area contributed by atoms with Gasteiger partial charge in [-0.25, -0.2) is 0 Å². The molecule has 3 aromatic rings. The van der Waals surface area contributed by atoms with Gasteiger partial charge in [0.2, 0.25) is 0 Å². The number of nitrogens with zero attached hydrogens (tertiary/aromatic N) is 3. The van der Waals surface area contributed by atoms with Crippen LogP contribution in [-0.4, -0.2) is 34.9 Å². The largest absolute Gasteiger partial charge is 0.507 e. The smallest absolute Gasteiger partial charge is 0.300 e. The molecule has 2 aromatic carbocycles. The number of hydrogen-bond donors (Lipinski definition) is 1. The monoisotopic (exact) mass is 441 g/mol. The van der Waals surface area contributed by atoms with Crippen molar-refractivity contribution in [1.82, 2.24) is 4.98 Å². The van der Waals surface area contributed by atoms with Crippen LogP contribution in [0.15, 0.2) is 78.6 Å². The summed E-state index contributed by atoms with van der Waals surface area (Å²) in [7, 11) is 0. The predicted molar refractivity (Wildman–Crippen MR) is 130 cm³/mol. The van der Waals surface area contributed by atoms with E-state index in [-0.39, 0.29) is 11.3 Å². The van der Waals surface area contributed by atoms with Crippen molar-refractivity contribution in [3.63, 3.8) is 0 Å². The van der Waals surface area contributed by atoms with Crippen molar-refractivity contribution >= 4 is 28.8 Å². The number of aliphatic hydroxyl groups is 1. The maximum absolute atomic E-state index is 13.3. The predicted octanol–water partition coefficient (Wildman–Crippen LogP) is 4.86. The number of hydrogen-bond acceptors (Lipinski definition) is 5. The van der Waals surface area contributed by atoms with Crippen LogP contribution in [0.3, 0.4) is 0 Å². The molecule has 0 spiro atoms. The van der Waals surface area contributed by atoms with Crippen LogP contribution in [0.25, 0.3) is 5.76 Å². The molecule has 0 bridgehead atoms. The first-order valence-electron chi connectivity index (χ1n) is 11.1. The fraction of sp³-hybridized carbons (Fsp3) is 0.222. The quantitative estimate of drug-likeness (QED) is 0.336. The third kappa shape index (κ3) is 4.12. The summed E-state index contributed by atoms with van der Waals surface area (Å²) < 4.78 is 0. The summed E-state index contributed by atoms with van der Waals surface area (Å²) >= 11 is 0. The molecule has 4 rings (SSSR count). The van der Waals surface area contributed by atoms with Crippen molar-refractivity contribution in [3.05, 3.63) is 95.3 Å². The summed E-state index contributed by atoms with van der Waals surface area (Å²) in [5, 5.41) is 11.1. The normalized spacial score (nSPS) is 17.4. The van der Waals surface area contributed by atoms with Gasteiger partial charge in [-0.05, 0) is 62.7 Å². The second-order valence-corrected chi connectivity index (χ2v) is 8.01. The summed E-state index contributed by atoms with van der Waals surface area (Å²) in [4.78, 5) is 34.1. The molecular weight excluding hydrogens is 414 g/mol. The van der Waals surface area contributed by atoms with E-state index in [1.54, 1.807) is 24.5 Å². The highest BCUT2D eigenvalue weighted by atomic mass is 16.3. The van der Waals surface area contributed by atoms with E-state index in [1.807, 2.05) is 55.5 Å². The Kier molecular flexibility index (Phi) is 6.27. The second kappa shape index (κ2) is 9.28. The van der Waals surface area contributed by atoms with Crippen LogP contribution < -0.4 is 9.80 Å². The number of anilines is 2. The van der Waals surface area contributed by atoms with Gasteiger partial charge in [0.1, 0.15) is 5.76 Å². The average Bonchev–Trinajstić information content (AvgIpc) is 3.11. The maximum atomic E-state index is 13.3. The molecule has 33 heavy (non-hydrogen) atoms. The number of aliphatic hydroxyl groups excluding tert-OH is 1. The number of aromatic nitrogens is 1. The Hall–Kier alpha value is -3.93. The lowest BCUT2D eigenvalue weighted by molar-refractivity contribution is -0.132. The van der Waals surface area contributed by atoms with E-state index in [0.29, 0.717) is 11.3 Å². The van der Waals surface area contributed by atoms with E-state index >= 15 is 0 Å². The molecule has 168 valence electrons. The third-order valence-corrected chi connectivity index (χ3v) is 6.01. The van der Waals surface area contributed by atoms with Crippen molar-refractivity contribution in [2.24, 2.45) is 0 Å². The number of amides is 1. The molecule has 1 aromatic heterocycles. The molecule has 1 aliphatic rings. The van der Waals surface area contributed by atoms with Crippen molar-refractivity contribution < 1.29 is 14.7 Å². The molecule has 1 unspecified atom stereocenters. The number of Topliss-reactive ketones (excluding diaryl/α,β-unsaturated/α-hetero) is 1. The Bertz CT molecular complexity index is 1200. The van der Waals surface area contributed by atoms with E-state index < -0.39 is 17.7 Å². The van der Waals surface area contributed by atoms with Crippen LogP contribution in [-0.2, 0) is 9.59 Å². The first-order chi connectivity index (χ1) is 16.0. The summed E-state index contributed by atoms with van der Waals surface area (Å²) in [5.41, 5.74) is 3.93. The summed E-state index contributed by atoms with van der Waals surface area (Å²) in [6, 6.07) is 17.8.